The minimum atomic E-state index is -0.0647. The number of amides is 2. The van der Waals surface area contributed by atoms with Crippen LogP contribution in [-0.2, 0) is 4.74 Å². The van der Waals surface area contributed by atoms with E-state index in [1.807, 2.05) is 36.9 Å². The van der Waals surface area contributed by atoms with Gasteiger partial charge >= 0.3 is 6.03 Å². The molecule has 1 aromatic carbocycles. The number of urea groups is 1. The maximum atomic E-state index is 12.4. The summed E-state index contributed by atoms with van der Waals surface area (Å²) >= 11 is 0. The fraction of sp³-hybridized carbons (Fsp3) is 0.611. The Kier molecular flexibility index (Phi) is 6.71. The van der Waals surface area contributed by atoms with Gasteiger partial charge in [-0.05, 0) is 50.5 Å². The van der Waals surface area contributed by atoms with Crippen molar-refractivity contribution in [2.24, 2.45) is 0 Å². The van der Waals surface area contributed by atoms with Gasteiger partial charge in [0.05, 0.1) is 12.7 Å². The lowest BCUT2D eigenvalue weighted by Gasteiger charge is -2.23. The van der Waals surface area contributed by atoms with Crippen LogP contribution in [0.2, 0.25) is 0 Å². The predicted molar refractivity (Wildman–Crippen MR) is 92.2 cm³/mol. The number of hydrogen-bond donors (Lipinski definition) is 1. The van der Waals surface area contributed by atoms with E-state index in [0.717, 1.165) is 49.4 Å². The average Bonchev–Trinajstić information content (AvgIpc) is 2.75. The Morgan fingerprint density at radius 2 is 2.30 bits per heavy atom. The second kappa shape index (κ2) is 8.77. The van der Waals surface area contributed by atoms with Crippen molar-refractivity contribution in [3.63, 3.8) is 0 Å². The molecule has 0 aromatic heterocycles. The van der Waals surface area contributed by atoms with E-state index < -0.39 is 0 Å². The summed E-state index contributed by atoms with van der Waals surface area (Å²) < 4.78 is 11.3. The molecule has 5 nitrogen and oxygen atoms in total. The van der Waals surface area contributed by atoms with Gasteiger partial charge in [0.1, 0.15) is 5.75 Å². The molecule has 1 fully saturated rings. The van der Waals surface area contributed by atoms with E-state index >= 15 is 0 Å². The molecule has 2 rings (SSSR count). The van der Waals surface area contributed by atoms with Crippen LogP contribution in [0.25, 0.3) is 0 Å². The predicted octanol–water partition coefficient (Wildman–Crippen LogP) is 3.82. The third-order valence-corrected chi connectivity index (χ3v) is 3.95. The highest BCUT2D eigenvalue weighted by Gasteiger charge is 2.20. The third-order valence-electron chi connectivity index (χ3n) is 3.95. The number of aryl methyl sites for hydroxylation is 1. The van der Waals surface area contributed by atoms with E-state index in [0.29, 0.717) is 13.2 Å². The quantitative estimate of drug-likeness (QED) is 0.839. The number of anilines is 1. The van der Waals surface area contributed by atoms with Crippen LogP contribution in [0.15, 0.2) is 18.2 Å². The van der Waals surface area contributed by atoms with E-state index in [-0.39, 0.29) is 12.1 Å². The maximum Gasteiger partial charge on any atom is 0.321 e. The normalized spacial score (nSPS) is 18.4. The zero-order chi connectivity index (χ0) is 16.7. The molecule has 23 heavy (non-hydrogen) atoms. The van der Waals surface area contributed by atoms with Crippen molar-refractivity contribution in [2.75, 3.05) is 31.6 Å². The minimum absolute atomic E-state index is 0.0647. The largest absolute Gasteiger partial charge is 0.494 e. The summed E-state index contributed by atoms with van der Waals surface area (Å²) in [5.74, 6) is 0.853. The first-order valence-corrected chi connectivity index (χ1v) is 8.51. The molecule has 1 unspecified atom stereocenters. The average molecular weight is 320 g/mol. The SMILES string of the molecule is CCCCOc1ccc(NC(=O)N2CCCOC(C)C2)c(C)c1. The van der Waals surface area contributed by atoms with Gasteiger partial charge in [-0.1, -0.05) is 13.3 Å². The van der Waals surface area contributed by atoms with Crippen LogP contribution in [0.1, 0.15) is 38.7 Å². The number of ether oxygens (including phenoxy) is 2. The zero-order valence-electron chi connectivity index (χ0n) is 14.4. The molecule has 1 aromatic rings. The lowest BCUT2D eigenvalue weighted by molar-refractivity contribution is 0.0718. The van der Waals surface area contributed by atoms with Gasteiger partial charge in [0.25, 0.3) is 0 Å². The molecule has 1 aliphatic rings. The highest BCUT2D eigenvalue weighted by atomic mass is 16.5. The van der Waals surface area contributed by atoms with Crippen LogP contribution in [0, 0.1) is 6.92 Å². The van der Waals surface area contributed by atoms with Gasteiger partial charge in [-0.3, -0.25) is 0 Å². The smallest absolute Gasteiger partial charge is 0.321 e. The maximum absolute atomic E-state index is 12.4. The Morgan fingerprint density at radius 1 is 1.48 bits per heavy atom. The minimum Gasteiger partial charge on any atom is -0.494 e. The number of hydrogen-bond acceptors (Lipinski definition) is 3. The molecule has 0 aliphatic carbocycles. The molecular formula is C18H28N2O3. The van der Waals surface area contributed by atoms with Crippen LogP contribution in [0.5, 0.6) is 5.75 Å². The summed E-state index contributed by atoms with van der Waals surface area (Å²) in [4.78, 5) is 14.3. The van der Waals surface area contributed by atoms with Gasteiger partial charge in [0.2, 0.25) is 0 Å². The summed E-state index contributed by atoms with van der Waals surface area (Å²) in [6.07, 6.45) is 3.12. The molecule has 5 heteroatoms. The second-order valence-electron chi connectivity index (χ2n) is 6.09. The number of carbonyl (C=O) groups excluding carboxylic acids is 1. The Morgan fingerprint density at radius 3 is 3.04 bits per heavy atom. The molecule has 1 aliphatic heterocycles. The van der Waals surface area contributed by atoms with Crippen molar-refractivity contribution < 1.29 is 14.3 Å². The summed E-state index contributed by atoms with van der Waals surface area (Å²) in [7, 11) is 0. The van der Waals surface area contributed by atoms with E-state index in [9.17, 15) is 4.79 Å². The number of rotatable bonds is 5. The van der Waals surface area contributed by atoms with Crippen molar-refractivity contribution in [1.29, 1.82) is 0 Å². The van der Waals surface area contributed by atoms with Crippen molar-refractivity contribution in [2.45, 2.75) is 46.1 Å². The van der Waals surface area contributed by atoms with Crippen LogP contribution in [0.4, 0.5) is 10.5 Å². The Labute approximate surface area is 139 Å². The summed E-state index contributed by atoms with van der Waals surface area (Å²) in [5.41, 5.74) is 1.84. The molecule has 1 saturated heterocycles. The Bertz CT molecular complexity index is 519. The molecule has 128 valence electrons. The van der Waals surface area contributed by atoms with E-state index in [1.54, 1.807) is 0 Å². The number of nitrogens with zero attached hydrogens (tertiary/aromatic N) is 1. The standard InChI is InChI=1S/C18H28N2O3/c1-4-5-10-23-16-7-8-17(14(2)12-16)19-18(21)20-9-6-11-22-15(3)13-20/h7-8,12,15H,4-6,9-11,13H2,1-3H3,(H,19,21). The molecular weight excluding hydrogens is 292 g/mol. The van der Waals surface area contributed by atoms with Crippen molar-refractivity contribution in [3.8, 4) is 5.75 Å². The van der Waals surface area contributed by atoms with Crippen LogP contribution >= 0.6 is 0 Å². The number of nitrogens with one attached hydrogen (secondary N) is 1. The number of unbranched alkanes of at least 4 members (excludes halogenated alkanes) is 1. The number of benzene rings is 1. The van der Waals surface area contributed by atoms with Gasteiger partial charge in [-0.25, -0.2) is 4.79 Å². The first-order valence-electron chi connectivity index (χ1n) is 8.51. The first kappa shape index (κ1) is 17.6. The first-order chi connectivity index (χ1) is 11.1. The molecule has 1 atom stereocenters. The van der Waals surface area contributed by atoms with Crippen molar-refractivity contribution >= 4 is 11.7 Å². The second-order valence-corrected chi connectivity index (χ2v) is 6.09. The molecule has 0 bridgehead atoms. The van der Waals surface area contributed by atoms with E-state index in [2.05, 4.69) is 12.2 Å². The lowest BCUT2D eigenvalue weighted by Crippen LogP contribution is -2.39. The van der Waals surface area contributed by atoms with Crippen LogP contribution in [0.3, 0.4) is 0 Å². The summed E-state index contributed by atoms with van der Waals surface area (Å²) in [6.45, 7) is 8.93. The van der Waals surface area contributed by atoms with Gasteiger partial charge in [0.15, 0.2) is 0 Å². The summed E-state index contributed by atoms with van der Waals surface area (Å²) in [5, 5.41) is 3.00. The van der Waals surface area contributed by atoms with Gasteiger partial charge < -0.3 is 19.7 Å². The fourth-order valence-corrected chi connectivity index (χ4v) is 2.57. The van der Waals surface area contributed by atoms with Gasteiger partial charge in [0, 0.05) is 25.4 Å². The van der Waals surface area contributed by atoms with Crippen LogP contribution in [-0.4, -0.2) is 43.3 Å². The Hall–Kier alpha value is -1.75. The highest BCUT2D eigenvalue weighted by Crippen LogP contribution is 2.22. The van der Waals surface area contributed by atoms with Crippen molar-refractivity contribution in [1.82, 2.24) is 4.90 Å². The van der Waals surface area contributed by atoms with E-state index in [4.69, 9.17) is 9.47 Å². The zero-order valence-corrected chi connectivity index (χ0v) is 14.4. The molecule has 0 saturated carbocycles. The molecule has 2 amide bonds. The topological polar surface area (TPSA) is 50.8 Å². The fourth-order valence-electron chi connectivity index (χ4n) is 2.57. The monoisotopic (exact) mass is 320 g/mol. The molecule has 1 N–H and O–H groups in total. The third kappa shape index (κ3) is 5.43. The van der Waals surface area contributed by atoms with E-state index in [1.165, 1.54) is 0 Å². The van der Waals surface area contributed by atoms with Crippen molar-refractivity contribution in [3.05, 3.63) is 23.8 Å². The lowest BCUT2D eigenvalue weighted by atomic mass is 10.2. The number of carbonyl (C=O) groups is 1. The van der Waals surface area contributed by atoms with Gasteiger partial charge in [-0.2, -0.15) is 0 Å². The Balaban J connectivity index is 1.94. The highest BCUT2D eigenvalue weighted by molar-refractivity contribution is 5.90. The van der Waals surface area contributed by atoms with Crippen LogP contribution < -0.4 is 10.1 Å². The molecule has 0 spiro atoms. The van der Waals surface area contributed by atoms with Gasteiger partial charge in [-0.15, -0.1) is 0 Å². The molecule has 0 radical (unpaired) electrons. The summed E-state index contributed by atoms with van der Waals surface area (Å²) in [6, 6.07) is 5.73. The molecule has 1 heterocycles.